The Morgan fingerprint density at radius 2 is 2.47 bits per heavy atom. The fraction of sp³-hybridized carbons (Fsp3) is 0.250. The molecule has 0 aromatic carbocycles. The van der Waals surface area contributed by atoms with Crippen molar-refractivity contribution in [3.8, 4) is 0 Å². The zero-order chi connectivity index (χ0) is 12.4. The highest BCUT2D eigenvalue weighted by atomic mass is 35.5. The van der Waals surface area contributed by atoms with Crippen LogP contribution in [0.15, 0.2) is 23.4 Å². The SMILES string of the molecule is O=[N+]([O-])/N=C1\NCC(O)N1c1ccc(Cl)nc1. The minimum absolute atomic E-state index is 0.0355. The number of halogens is 1. The number of nitro groups is 1. The number of pyridine rings is 1. The number of hydrazone groups is 1. The van der Waals surface area contributed by atoms with Crippen LogP contribution < -0.4 is 10.2 Å². The van der Waals surface area contributed by atoms with Gasteiger partial charge < -0.3 is 10.4 Å². The molecule has 1 fully saturated rings. The first kappa shape index (κ1) is 11.6. The van der Waals surface area contributed by atoms with Crippen LogP contribution in [0.5, 0.6) is 0 Å². The highest BCUT2D eigenvalue weighted by Gasteiger charge is 2.31. The summed E-state index contributed by atoms with van der Waals surface area (Å²) in [5.41, 5.74) is 0.465. The molecular formula is C8H8ClN5O3. The second-order valence-corrected chi connectivity index (χ2v) is 3.62. The zero-order valence-electron chi connectivity index (χ0n) is 8.45. The number of β-amino-alcohol motifs (C(OH)–C–C–N with tert-alkyl or cyclic N) is 1. The van der Waals surface area contributed by atoms with Gasteiger partial charge in [0.25, 0.3) is 5.96 Å². The third-order valence-electron chi connectivity index (χ3n) is 2.14. The predicted molar refractivity (Wildman–Crippen MR) is 60.2 cm³/mol. The molecule has 1 unspecified atom stereocenters. The number of aliphatic hydroxyl groups is 1. The fourth-order valence-electron chi connectivity index (χ4n) is 1.47. The Morgan fingerprint density at radius 3 is 3.06 bits per heavy atom. The van der Waals surface area contributed by atoms with Crippen LogP contribution in [0.1, 0.15) is 0 Å². The van der Waals surface area contributed by atoms with E-state index in [1.165, 1.54) is 17.2 Å². The van der Waals surface area contributed by atoms with Crippen molar-refractivity contribution >= 4 is 23.2 Å². The molecule has 0 saturated carbocycles. The molecule has 2 heterocycles. The number of guanidine groups is 1. The first-order chi connectivity index (χ1) is 8.08. The molecule has 0 spiro atoms. The van der Waals surface area contributed by atoms with Gasteiger partial charge in [0.2, 0.25) is 0 Å². The largest absolute Gasteiger partial charge is 0.371 e. The van der Waals surface area contributed by atoms with E-state index in [1.54, 1.807) is 6.07 Å². The van der Waals surface area contributed by atoms with Crippen molar-refractivity contribution in [2.45, 2.75) is 6.23 Å². The first-order valence-corrected chi connectivity index (χ1v) is 5.01. The maximum Gasteiger partial charge on any atom is 0.278 e. The molecule has 1 aliphatic heterocycles. The average molecular weight is 258 g/mol. The van der Waals surface area contributed by atoms with Crippen LogP contribution in [-0.2, 0) is 0 Å². The summed E-state index contributed by atoms with van der Waals surface area (Å²) >= 11 is 5.63. The van der Waals surface area contributed by atoms with Gasteiger partial charge in [0.15, 0.2) is 11.3 Å². The third-order valence-corrected chi connectivity index (χ3v) is 2.36. The lowest BCUT2D eigenvalue weighted by Gasteiger charge is -2.19. The molecule has 0 amide bonds. The standard InChI is InChI=1S/C8H8ClN5O3/c9-6-2-1-5(3-10-6)13-7(15)4-11-8(13)12-14(16)17/h1-3,7,15H,4H2,(H,11,12). The number of hydrogen-bond acceptors (Lipinski definition) is 4. The molecule has 1 aromatic rings. The average Bonchev–Trinajstić information content (AvgIpc) is 2.61. The van der Waals surface area contributed by atoms with Gasteiger partial charge in [0.1, 0.15) is 10.3 Å². The maximum absolute atomic E-state index is 10.3. The minimum Gasteiger partial charge on any atom is -0.371 e. The number of aromatic nitrogens is 1. The molecule has 8 nitrogen and oxygen atoms in total. The lowest BCUT2D eigenvalue weighted by atomic mass is 10.4. The molecular weight excluding hydrogens is 250 g/mol. The highest BCUT2D eigenvalue weighted by molar-refractivity contribution is 6.29. The summed E-state index contributed by atoms with van der Waals surface area (Å²) < 4.78 is 0. The van der Waals surface area contributed by atoms with E-state index in [1.807, 2.05) is 0 Å². The monoisotopic (exact) mass is 257 g/mol. The van der Waals surface area contributed by atoms with E-state index in [0.29, 0.717) is 10.8 Å². The summed E-state index contributed by atoms with van der Waals surface area (Å²) in [5.74, 6) is -0.0355. The molecule has 1 saturated heterocycles. The summed E-state index contributed by atoms with van der Waals surface area (Å²) in [6.45, 7) is 0.148. The van der Waals surface area contributed by atoms with Crippen LogP contribution in [0.3, 0.4) is 0 Å². The van der Waals surface area contributed by atoms with E-state index >= 15 is 0 Å². The highest BCUT2D eigenvalue weighted by Crippen LogP contribution is 2.19. The molecule has 1 aromatic heterocycles. The van der Waals surface area contributed by atoms with Gasteiger partial charge in [0.05, 0.1) is 18.4 Å². The van der Waals surface area contributed by atoms with Crippen LogP contribution in [0.25, 0.3) is 0 Å². The molecule has 2 rings (SSSR count). The Hall–Kier alpha value is -1.93. The van der Waals surface area contributed by atoms with Crippen molar-refractivity contribution in [3.05, 3.63) is 33.6 Å². The zero-order valence-corrected chi connectivity index (χ0v) is 9.20. The summed E-state index contributed by atoms with van der Waals surface area (Å²) in [5, 5.41) is 25.2. The van der Waals surface area contributed by atoms with Crippen molar-refractivity contribution in [1.29, 1.82) is 0 Å². The van der Waals surface area contributed by atoms with Gasteiger partial charge >= 0.3 is 0 Å². The van der Waals surface area contributed by atoms with Gasteiger partial charge in [-0.25, -0.2) is 15.1 Å². The van der Waals surface area contributed by atoms with Crippen molar-refractivity contribution in [2.75, 3.05) is 11.4 Å². The first-order valence-electron chi connectivity index (χ1n) is 4.63. The van der Waals surface area contributed by atoms with E-state index in [9.17, 15) is 15.2 Å². The predicted octanol–water partition coefficient (Wildman–Crippen LogP) is 0.0107. The van der Waals surface area contributed by atoms with Crippen LogP contribution in [-0.4, -0.2) is 33.9 Å². The van der Waals surface area contributed by atoms with Crippen LogP contribution >= 0.6 is 11.6 Å². The molecule has 17 heavy (non-hydrogen) atoms. The van der Waals surface area contributed by atoms with Crippen LogP contribution in [0.2, 0.25) is 5.15 Å². The molecule has 90 valence electrons. The Bertz CT molecular complexity index is 463. The van der Waals surface area contributed by atoms with E-state index in [4.69, 9.17) is 11.6 Å². The van der Waals surface area contributed by atoms with E-state index in [0.717, 1.165) is 0 Å². The minimum atomic E-state index is -0.934. The van der Waals surface area contributed by atoms with Crippen molar-refractivity contribution < 1.29 is 10.1 Å². The molecule has 1 atom stereocenters. The molecule has 0 radical (unpaired) electrons. The van der Waals surface area contributed by atoms with Gasteiger partial charge in [-0.3, -0.25) is 4.90 Å². The Labute approximate surface area is 101 Å². The van der Waals surface area contributed by atoms with Crippen molar-refractivity contribution in [3.63, 3.8) is 0 Å². The Morgan fingerprint density at radius 1 is 1.71 bits per heavy atom. The van der Waals surface area contributed by atoms with Crippen LogP contribution in [0, 0.1) is 10.1 Å². The molecule has 0 bridgehead atoms. The second kappa shape index (κ2) is 4.52. The number of anilines is 1. The normalized spacial score (nSPS) is 21.6. The van der Waals surface area contributed by atoms with Gasteiger partial charge in [-0.05, 0) is 12.1 Å². The number of hydrogen-bond donors (Lipinski definition) is 2. The second-order valence-electron chi connectivity index (χ2n) is 3.23. The van der Waals surface area contributed by atoms with Crippen molar-refractivity contribution in [2.24, 2.45) is 5.10 Å². The molecule has 2 N–H and O–H groups in total. The van der Waals surface area contributed by atoms with Crippen LogP contribution in [0.4, 0.5) is 5.69 Å². The van der Waals surface area contributed by atoms with Gasteiger partial charge in [-0.15, -0.1) is 0 Å². The Balaban J connectivity index is 2.34. The Kier molecular flexibility index (Phi) is 3.07. The summed E-state index contributed by atoms with van der Waals surface area (Å²) in [4.78, 5) is 15.4. The topological polar surface area (TPSA) is 104 Å². The summed E-state index contributed by atoms with van der Waals surface area (Å²) in [6.07, 6.45) is 0.463. The van der Waals surface area contributed by atoms with Crippen molar-refractivity contribution in [1.82, 2.24) is 10.3 Å². The lowest BCUT2D eigenvalue weighted by Crippen LogP contribution is -2.35. The van der Waals surface area contributed by atoms with E-state index in [-0.39, 0.29) is 12.5 Å². The van der Waals surface area contributed by atoms with Gasteiger partial charge in [-0.1, -0.05) is 11.6 Å². The number of nitrogens with zero attached hydrogens (tertiary/aromatic N) is 4. The molecule has 1 aliphatic rings. The number of aliphatic hydroxyl groups excluding tert-OH is 1. The summed E-state index contributed by atoms with van der Waals surface area (Å²) in [6, 6.07) is 3.10. The lowest BCUT2D eigenvalue weighted by molar-refractivity contribution is -0.485. The third kappa shape index (κ3) is 2.43. The number of nitrogens with one attached hydrogen (secondary N) is 1. The van der Waals surface area contributed by atoms with E-state index < -0.39 is 11.3 Å². The molecule has 9 heteroatoms. The smallest absolute Gasteiger partial charge is 0.278 e. The summed E-state index contributed by atoms with van der Waals surface area (Å²) in [7, 11) is 0. The molecule has 0 aliphatic carbocycles. The van der Waals surface area contributed by atoms with E-state index in [2.05, 4.69) is 15.4 Å². The van der Waals surface area contributed by atoms with Gasteiger partial charge in [-0.2, -0.15) is 0 Å². The van der Waals surface area contributed by atoms with Gasteiger partial charge in [0, 0.05) is 0 Å². The number of rotatable bonds is 2. The maximum atomic E-state index is 10.3. The fourth-order valence-corrected chi connectivity index (χ4v) is 1.58. The quantitative estimate of drug-likeness (QED) is 0.439.